The van der Waals surface area contributed by atoms with Crippen LogP contribution >= 0.6 is 0 Å². The van der Waals surface area contributed by atoms with Gasteiger partial charge in [0.05, 0.1) is 23.0 Å². The highest BCUT2D eigenvalue weighted by molar-refractivity contribution is 6.04. The largest absolute Gasteiger partial charge is 0.345 e. The normalized spacial score (nSPS) is 12.6. The van der Waals surface area contributed by atoms with Gasteiger partial charge in [-0.15, -0.1) is 0 Å². The number of anilines is 1. The molecule has 0 bridgehead atoms. The van der Waals surface area contributed by atoms with Crippen molar-refractivity contribution in [3.05, 3.63) is 47.3 Å². The quantitative estimate of drug-likeness (QED) is 0.896. The summed E-state index contributed by atoms with van der Waals surface area (Å²) in [4.78, 5) is 25.0. The zero-order chi connectivity index (χ0) is 18.8. The first-order valence-corrected chi connectivity index (χ1v) is 8.31. The SMILES string of the molecule is Cc1nn(C)cc1C(C)NC(=O)c1ccccc1NC(=O)C(C)(C)C. The highest BCUT2D eigenvalue weighted by Gasteiger charge is 2.23. The van der Waals surface area contributed by atoms with Gasteiger partial charge in [0.25, 0.3) is 5.91 Å². The molecule has 0 aliphatic rings. The molecule has 0 fully saturated rings. The fourth-order valence-corrected chi connectivity index (χ4v) is 2.50. The van der Waals surface area contributed by atoms with Gasteiger partial charge in [0.2, 0.25) is 5.91 Å². The number of hydrogen-bond donors (Lipinski definition) is 2. The summed E-state index contributed by atoms with van der Waals surface area (Å²) >= 11 is 0. The molecule has 2 aromatic rings. The molecule has 1 heterocycles. The van der Waals surface area contributed by atoms with E-state index in [4.69, 9.17) is 0 Å². The number of aromatic nitrogens is 2. The van der Waals surface area contributed by atoms with E-state index in [0.29, 0.717) is 11.3 Å². The number of aryl methyl sites for hydroxylation is 2. The summed E-state index contributed by atoms with van der Waals surface area (Å²) in [5.41, 5.74) is 2.25. The van der Waals surface area contributed by atoms with Gasteiger partial charge in [0.1, 0.15) is 0 Å². The summed E-state index contributed by atoms with van der Waals surface area (Å²) < 4.78 is 1.73. The molecule has 25 heavy (non-hydrogen) atoms. The monoisotopic (exact) mass is 342 g/mol. The van der Waals surface area contributed by atoms with Crippen LogP contribution in [0.3, 0.4) is 0 Å². The molecule has 0 saturated heterocycles. The number of hydrogen-bond acceptors (Lipinski definition) is 3. The van der Waals surface area contributed by atoms with Crippen LogP contribution in [0.2, 0.25) is 0 Å². The molecule has 1 atom stereocenters. The molecule has 1 aromatic heterocycles. The molecule has 0 spiro atoms. The minimum absolute atomic E-state index is 0.135. The molecular formula is C19H26N4O2. The van der Waals surface area contributed by atoms with E-state index in [1.807, 2.05) is 47.9 Å². The van der Waals surface area contributed by atoms with Gasteiger partial charge in [-0.25, -0.2) is 0 Å². The van der Waals surface area contributed by atoms with Gasteiger partial charge in [-0.3, -0.25) is 14.3 Å². The summed E-state index contributed by atoms with van der Waals surface area (Å²) in [7, 11) is 1.85. The standard InChI is InChI=1S/C19H26N4O2/c1-12(15-11-23(6)22-13(15)2)20-17(24)14-9-7-8-10-16(14)21-18(25)19(3,4)5/h7-12H,1-6H3,(H,20,24)(H,21,25). The number of para-hydroxylation sites is 1. The Bertz CT molecular complexity index is 787. The summed E-state index contributed by atoms with van der Waals surface area (Å²) in [5.74, 6) is -0.371. The van der Waals surface area contributed by atoms with Gasteiger partial charge >= 0.3 is 0 Å². The maximum Gasteiger partial charge on any atom is 0.253 e. The van der Waals surface area contributed by atoms with Crippen LogP contribution in [0.15, 0.2) is 30.5 Å². The zero-order valence-electron chi connectivity index (χ0n) is 15.7. The van der Waals surface area contributed by atoms with Crippen molar-refractivity contribution in [2.24, 2.45) is 12.5 Å². The molecule has 2 N–H and O–H groups in total. The van der Waals surface area contributed by atoms with Crippen LogP contribution in [0.5, 0.6) is 0 Å². The molecule has 0 aliphatic carbocycles. The maximum atomic E-state index is 12.7. The molecule has 2 amide bonds. The van der Waals surface area contributed by atoms with Crippen molar-refractivity contribution >= 4 is 17.5 Å². The number of amides is 2. The van der Waals surface area contributed by atoms with E-state index in [2.05, 4.69) is 15.7 Å². The highest BCUT2D eigenvalue weighted by atomic mass is 16.2. The van der Waals surface area contributed by atoms with Crippen LogP contribution in [0.25, 0.3) is 0 Å². The zero-order valence-corrected chi connectivity index (χ0v) is 15.7. The fourth-order valence-electron chi connectivity index (χ4n) is 2.50. The third-order valence-corrected chi connectivity index (χ3v) is 3.97. The van der Waals surface area contributed by atoms with E-state index in [1.165, 1.54) is 0 Å². The first-order valence-electron chi connectivity index (χ1n) is 8.31. The fraction of sp³-hybridized carbons (Fsp3) is 0.421. The van der Waals surface area contributed by atoms with Crippen molar-refractivity contribution in [1.82, 2.24) is 15.1 Å². The predicted molar refractivity (Wildman–Crippen MR) is 98.4 cm³/mol. The molecule has 134 valence electrons. The number of nitrogens with one attached hydrogen (secondary N) is 2. The first kappa shape index (κ1) is 18.7. The van der Waals surface area contributed by atoms with E-state index in [9.17, 15) is 9.59 Å². The molecule has 0 saturated carbocycles. The Labute approximate surface area is 148 Å². The Kier molecular flexibility index (Phi) is 5.30. The van der Waals surface area contributed by atoms with Crippen LogP contribution in [0.4, 0.5) is 5.69 Å². The topological polar surface area (TPSA) is 76.0 Å². The van der Waals surface area contributed by atoms with E-state index < -0.39 is 5.41 Å². The van der Waals surface area contributed by atoms with Crippen molar-refractivity contribution in [2.75, 3.05) is 5.32 Å². The first-order chi connectivity index (χ1) is 11.6. The van der Waals surface area contributed by atoms with E-state index in [1.54, 1.807) is 28.9 Å². The lowest BCUT2D eigenvalue weighted by Crippen LogP contribution is -2.31. The maximum absolute atomic E-state index is 12.7. The number of carbonyl (C=O) groups excluding carboxylic acids is 2. The Morgan fingerprint density at radius 1 is 1.20 bits per heavy atom. The number of benzene rings is 1. The molecule has 2 rings (SSSR count). The summed E-state index contributed by atoms with van der Waals surface area (Å²) in [5, 5.41) is 10.1. The summed E-state index contributed by atoms with van der Waals surface area (Å²) in [6.45, 7) is 9.32. The lowest BCUT2D eigenvalue weighted by Gasteiger charge is -2.20. The summed E-state index contributed by atoms with van der Waals surface area (Å²) in [6.07, 6.45) is 1.90. The van der Waals surface area contributed by atoms with Crippen molar-refractivity contribution in [3.8, 4) is 0 Å². The minimum Gasteiger partial charge on any atom is -0.345 e. The van der Waals surface area contributed by atoms with Crippen molar-refractivity contribution in [1.29, 1.82) is 0 Å². The minimum atomic E-state index is -0.538. The van der Waals surface area contributed by atoms with E-state index >= 15 is 0 Å². The Morgan fingerprint density at radius 3 is 2.40 bits per heavy atom. The Balaban J connectivity index is 2.19. The molecule has 1 unspecified atom stereocenters. The Morgan fingerprint density at radius 2 is 1.84 bits per heavy atom. The van der Waals surface area contributed by atoms with E-state index in [-0.39, 0.29) is 17.9 Å². The third-order valence-electron chi connectivity index (χ3n) is 3.97. The van der Waals surface area contributed by atoms with Crippen LogP contribution in [0.1, 0.15) is 55.4 Å². The van der Waals surface area contributed by atoms with Crippen molar-refractivity contribution in [3.63, 3.8) is 0 Å². The molecule has 0 radical (unpaired) electrons. The van der Waals surface area contributed by atoms with Crippen molar-refractivity contribution < 1.29 is 9.59 Å². The second kappa shape index (κ2) is 7.09. The summed E-state index contributed by atoms with van der Waals surface area (Å²) in [6, 6.07) is 6.83. The number of carbonyl (C=O) groups is 2. The molecule has 6 heteroatoms. The highest BCUT2D eigenvalue weighted by Crippen LogP contribution is 2.22. The Hall–Kier alpha value is -2.63. The third kappa shape index (κ3) is 4.47. The number of rotatable bonds is 4. The van der Waals surface area contributed by atoms with Crippen molar-refractivity contribution in [2.45, 2.75) is 40.7 Å². The van der Waals surface area contributed by atoms with Gasteiger partial charge in [-0.05, 0) is 26.0 Å². The lowest BCUT2D eigenvalue weighted by atomic mass is 9.95. The van der Waals surface area contributed by atoms with Crippen LogP contribution in [-0.2, 0) is 11.8 Å². The van der Waals surface area contributed by atoms with Crippen LogP contribution < -0.4 is 10.6 Å². The number of nitrogens with zero attached hydrogens (tertiary/aromatic N) is 2. The van der Waals surface area contributed by atoms with Gasteiger partial charge in [-0.1, -0.05) is 32.9 Å². The lowest BCUT2D eigenvalue weighted by molar-refractivity contribution is -0.123. The molecule has 6 nitrogen and oxygen atoms in total. The predicted octanol–water partition coefficient (Wildman–Crippen LogP) is 3.20. The van der Waals surface area contributed by atoms with Crippen LogP contribution in [0, 0.1) is 12.3 Å². The average Bonchev–Trinajstić information content (AvgIpc) is 2.85. The molecular weight excluding hydrogens is 316 g/mol. The molecule has 1 aromatic carbocycles. The molecule has 0 aliphatic heterocycles. The second-order valence-corrected chi connectivity index (χ2v) is 7.29. The van der Waals surface area contributed by atoms with Gasteiger partial charge in [0, 0.05) is 24.2 Å². The van der Waals surface area contributed by atoms with Gasteiger partial charge in [0.15, 0.2) is 0 Å². The van der Waals surface area contributed by atoms with Crippen LogP contribution in [-0.4, -0.2) is 21.6 Å². The van der Waals surface area contributed by atoms with E-state index in [0.717, 1.165) is 11.3 Å². The van der Waals surface area contributed by atoms with Gasteiger partial charge < -0.3 is 10.6 Å². The second-order valence-electron chi connectivity index (χ2n) is 7.29. The smallest absolute Gasteiger partial charge is 0.253 e. The average molecular weight is 342 g/mol. The van der Waals surface area contributed by atoms with Gasteiger partial charge in [-0.2, -0.15) is 5.10 Å².